The van der Waals surface area contributed by atoms with Gasteiger partial charge in [-0.3, -0.25) is 14.9 Å². The summed E-state index contributed by atoms with van der Waals surface area (Å²) in [6.07, 6.45) is 3.74. The lowest BCUT2D eigenvalue weighted by atomic mass is 10.1. The highest BCUT2D eigenvalue weighted by atomic mass is 79.9. The molecule has 0 unspecified atom stereocenters. The van der Waals surface area contributed by atoms with Crippen LogP contribution in [0.25, 0.3) is 16.9 Å². The maximum atomic E-state index is 12.5. The number of nitrogens with zero attached hydrogens (tertiary/aromatic N) is 3. The predicted octanol–water partition coefficient (Wildman–Crippen LogP) is 4.93. The summed E-state index contributed by atoms with van der Waals surface area (Å²) in [7, 11) is 1.61. The van der Waals surface area contributed by atoms with Crippen molar-refractivity contribution in [3.63, 3.8) is 0 Å². The number of benzene rings is 2. The average molecular weight is 467 g/mol. The molecule has 0 aliphatic heterocycles. The van der Waals surface area contributed by atoms with Gasteiger partial charge in [-0.2, -0.15) is 0 Å². The van der Waals surface area contributed by atoms with E-state index in [0.29, 0.717) is 10.2 Å². The van der Waals surface area contributed by atoms with Gasteiger partial charge in [0.1, 0.15) is 11.4 Å². The summed E-state index contributed by atoms with van der Waals surface area (Å²) in [6.45, 7) is 0. The lowest BCUT2D eigenvalue weighted by Gasteiger charge is -2.06. The van der Waals surface area contributed by atoms with Crippen LogP contribution in [0.1, 0.15) is 10.4 Å². The largest absolute Gasteiger partial charge is 0.495 e. The smallest absolute Gasteiger partial charge is 0.284 e. The molecule has 9 heteroatoms. The standard InChI is InChI=1S/C21H15BrN4O4/c1-30-16-7-9-20-24-18(12-25(20)11-16)13-2-5-15(6-3-13)23-21(27)14-4-8-17(22)19(10-14)26(28)29/h2-12H,1H3,(H,23,27). The van der Waals surface area contributed by atoms with Crippen molar-refractivity contribution < 1.29 is 14.5 Å². The van der Waals surface area contributed by atoms with Crippen molar-refractivity contribution in [1.82, 2.24) is 9.38 Å². The second-order valence-electron chi connectivity index (χ2n) is 6.42. The van der Waals surface area contributed by atoms with Gasteiger partial charge in [-0.15, -0.1) is 0 Å². The molecular formula is C21H15BrN4O4. The predicted molar refractivity (Wildman–Crippen MR) is 116 cm³/mol. The zero-order chi connectivity index (χ0) is 21.3. The number of methoxy groups -OCH3 is 1. The van der Waals surface area contributed by atoms with Gasteiger partial charge < -0.3 is 14.5 Å². The van der Waals surface area contributed by atoms with E-state index < -0.39 is 10.8 Å². The SMILES string of the molecule is COc1ccc2nc(-c3ccc(NC(=O)c4ccc(Br)c([N+](=O)[O-])c4)cc3)cn2c1. The van der Waals surface area contributed by atoms with Gasteiger partial charge in [0.25, 0.3) is 11.6 Å². The van der Waals surface area contributed by atoms with E-state index in [1.807, 2.05) is 41.1 Å². The summed E-state index contributed by atoms with van der Waals surface area (Å²) in [5, 5.41) is 13.8. The number of amides is 1. The van der Waals surface area contributed by atoms with Gasteiger partial charge >= 0.3 is 0 Å². The summed E-state index contributed by atoms with van der Waals surface area (Å²) in [5.74, 6) is 0.302. The fourth-order valence-electron chi connectivity index (χ4n) is 2.95. The van der Waals surface area contributed by atoms with E-state index in [1.165, 1.54) is 18.2 Å². The Labute approximate surface area is 179 Å². The quantitative estimate of drug-likeness (QED) is 0.332. The molecule has 0 saturated carbocycles. The number of nitro benzene ring substituents is 1. The van der Waals surface area contributed by atoms with Gasteiger partial charge in [0, 0.05) is 29.1 Å². The van der Waals surface area contributed by atoms with Crippen LogP contribution in [0, 0.1) is 10.1 Å². The molecular weight excluding hydrogens is 452 g/mol. The summed E-state index contributed by atoms with van der Waals surface area (Å²) in [6, 6.07) is 15.2. The molecule has 8 nitrogen and oxygen atoms in total. The molecule has 0 spiro atoms. The first-order valence-electron chi connectivity index (χ1n) is 8.83. The maximum Gasteiger partial charge on any atom is 0.284 e. The Morgan fingerprint density at radius 2 is 1.90 bits per heavy atom. The zero-order valence-corrected chi connectivity index (χ0v) is 17.3. The Morgan fingerprint density at radius 3 is 2.60 bits per heavy atom. The number of nitrogens with one attached hydrogen (secondary N) is 1. The number of pyridine rings is 1. The second kappa shape index (κ2) is 7.96. The van der Waals surface area contributed by atoms with E-state index in [-0.39, 0.29) is 11.3 Å². The highest BCUT2D eigenvalue weighted by Crippen LogP contribution is 2.27. The van der Waals surface area contributed by atoms with Gasteiger partial charge in [-0.25, -0.2) is 4.98 Å². The summed E-state index contributed by atoms with van der Waals surface area (Å²) in [5.41, 5.74) is 3.06. The molecule has 0 aliphatic carbocycles. The number of halogens is 1. The third kappa shape index (κ3) is 3.87. The van der Waals surface area contributed by atoms with Crippen molar-refractivity contribution in [2.75, 3.05) is 12.4 Å². The maximum absolute atomic E-state index is 12.5. The van der Waals surface area contributed by atoms with Crippen LogP contribution in [0.4, 0.5) is 11.4 Å². The summed E-state index contributed by atoms with van der Waals surface area (Å²) >= 11 is 3.11. The monoisotopic (exact) mass is 466 g/mol. The van der Waals surface area contributed by atoms with Gasteiger partial charge in [-0.05, 0) is 52.3 Å². The normalized spacial score (nSPS) is 10.7. The number of rotatable bonds is 5. The lowest BCUT2D eigenvalue weighted by molar-refractivity contribution is -0.385. The van der Waals surface area contributed by atoms with Crippen molar-refractivity contribution in [1.29, 1.82) is 0 Å². The number of fused-ring (bicyclic) bond motifs is 1. The second-order valence-corrected chi connectivity index (χ2v) is 7.27. The van der Waals surface area contributed by atoms with Gasteiger partial charge in [0.05, 0.1) is 28.4 Å². The molecule has 0 fully saturated rings. The Balaban J connectivity index is 1.53. The topological polar surface area (TPSA) is 98.8 Å². The number of hydrogen-bond donors (Lipinski definition) is 1. The molecule has 30 heavy (non-hydrogen) atoms. The summed E-state index contributed by atoms with van der Waals surface area (Å²) in [4.78, 5) is 27.6. The molecule has 4 rings (SSSR count). The lowest BCUT2D eigenvalue weighted by Crippen LogP contribution is -2.12. The average Bonchev–Trinajstić information content (AvgIpc) is 3.17. The van der Waals surface area contributed by atoms with E-state index in [1.54, 1.807) is 19.2 Å². The first kappa shape index (κ1) is 19.6. The molecule has 4 aromatic rings. The van der Waals surface area contributed by atoms with Crippen LogP contribution < -0.4 is 10.1 Å². The fraction of sp³-hybridized carbons (Fsp3) is 0.0476. The Hall–Kier alpha value is -3.72. The van der Waals surface area contributed by atoms with Crippen LogP contribution in [0.5, 0.6) is 5.75 Å². The van der Waals surface area contributed by atoms with Crippen molar-refractivity contribution >= 4 is 38.9 Å². The minimum atomic E-state index is -0.542. The molecule has 0 aliphatic rings. The number of nitro groups is 1. The minimum absolute atomic E-state index is 0.165. The number of carbonyl (C=O) groups excluding carboxylic acids is 1. The molecule has 0 bridgehead atoms. The van der Waals surface area contributed by atoms with E-state index in [9.17, 15) is 14.9 Å². The molecule has 2 aromatic carbocycles. The number of ether oxygens (including phenoxy) is 1. The highest BCUT2D eigenvalue weighted by Gasteiger charge is 2.16. The van der Waals surface area contributed by atoms with E-state index in [2.05, 4.69) is 26.2 Å². The van der Waals surface area contributed by atoms with Crippen LogP contribution in [0.3, 0.4) is 0 Å². The van der Waals surface area contributed by atoms with E-state index >= 15 is 0 Å². The number of aromatic nitrogens is 2. The first-order valence-corrected chi connectivity index (χ1v) is 9.62. The highest BCUT2D eigenvalue weighted by molar-refractivity contribution is 9.10. The van der Waals surface area contributed by atoms with Crippen LogP contribution in [-0.2, 0) is 0 Å². The zero-order valence-electron chi connectivity index (χ0n) is 15.7. The van der Waals surface area contributed by atoms with Crippen molar-refractivity contribution in [3.05, 3.63) is 87.1 Å². The Bertz CT molecular complexity index is 1270. The third-order valence-corrected chi connectivity index (χ3v) is 5.17. The fourth-order valence-corrected chi connectivity index (χ4v) is 3.34. The van der Waals surface area contributed by atoms with Crippen molar-refractivity contribution in [2.45, 2.75) is 0 Å². The number of carbonyl (C=O) groups is 1. The first-order chi connectivity index (χ1) is 14.4. The Morgan fingerprint density at radius 1 is 1.13 bits per heavy atom. The van der Waals surface area contributed by atoms with Gasteiger partial charge in [0.2, 0.25) is 0 Å². The van der Waals surface area contributed by atoms with Crippen molar-refractivity contribution in [2.24, 2.45) is 0 Å². The van der Waals surface area contributed by atoms with Crippen molar-refractivity contribution in [3.8, 4) is 17.0 Å². The van der Waals surface area contributed by atoms with Crippen LogP contribution in [0.2, 0.25) is 0 Å². The number of hydrogen-bond acceptors (Lipinski definition) is 5. The van der Waals surface area contributed by atoms with Crippen LogP contribution in [-0.4, -0.2) is 27.3 Å². The molecule has 0 atom stereocenters. The molecule has 1 N–H and O–H groups in total. The molecule has 0 radical (unpaired) electrons. The van der Waals surface area contributed by atoms with Gasteiger partial charge in [-0.1, -0.05) is 12.1 Å². The van der Waals surface area contributed by atoms with E-state index in [4.69, 9.17) is 4.74 Å². The molecule has 1 amide bonds. The summed E-state index contributed by atoms with van der Waals surface area (Å²) < 4.78 is 7.42. The minimum Gasteiger partial charge on any atom is -0.495 e. The van der Waals surface area contributed by atoms with Crippen LogP contribution in [0.15, 0.2) is 71.5 Å². The Kier molecular flexibility index (Phi) is 5.20. The number of imidazole rings is 1. The number of anilines is 1. The molecule has 2 aromatic heterocycles. The van der Waals surface area contributed by atoms with Crippen LogP contribution >= 0.6 is 15.9 Å². The molecule has 150 valence electrons. The molecule has 0 saturated heterocycles. The van der Waals surface area contributed by atoms with E-state index in [0.717, 1.165) is 22.7 Å². The van der Waals surface area contributed by atoms with Gasteiger partial charge in [0.15, 0.2) is 0 Å². The third-order valence-electron chi connectivity index (χ3n) is 4.50. The molecule has 2 heterocycles.